The van der Waals surface area contributed by atoms with E-state index in [4.69, 9.17) is 0 Å². The molecule has 0 nitrogen and oxygen atoms in total. The van der Waals surface area contributed by atoms with Crippen molar-refractivity contribution in [2.75, 3.05) is 0 Å². The van der Waals surface area contributed by atoms with Crippen molar-refractivity contribution in [3.05, 3.63) is 80.2 Å². The fourth-order valence-corrected chi connectivity index (χ4v) is 8.46. The third kappa shape index (κ3) is 3.69. The molecule has 0 unspecified atom stereocenters. The summed E-state index contributed by atoms with van der Waals surface area (Å²) in [5.41, 5.74) is 9.56. The van der Waals surface area contributed by atoms with Gasteiger partial charge in [-0.2, -0.15) is 0 Å². The van der Waals surface area contributed by atoms with Gasteiger partial charge in [0.2, 0.25) is 0 Å². The summed E-state index contributed by atoms with van der Waals surface area (Å²) in [5, 5.41) is 0. The Kier molecular flexibility index (Phi) is 6.82. The van der Waals surface area contributed by atoms with Crippen LogP contribution in [-0.4, -0.2) is 0 Å². The second-order valence-corrected chi connectivity index (χ2v) is 11.5. The molecular weight excluding hydrogens is 438 g/mol. The van der Waals surface area contributed by atoms with E-state index in [-0.39, 0.29) is 30.2 Å². The molecule has 134 valence electrons. The van der Waals surface area contributed by atoms with Crippen molar-refractivity contribution < 1.29 is 48.0 Å². The number of hydrogen-bond acceptors (Lipinski definition) is 0. The second-order valence-electron chi connectivity index (χ2n) is 7.93. The van der Waals surface area contributed by atoms with E-state index in [1.165, 1.54) is 17.5 Å². The predicted octanol–water partition coefficient (Wildman–Crippen LogP) is 0.497. The zero-order chi connectivity index (χ0) is 16.9. The number of fused-ring (bicyclic) bond motifs is 3. The summed E-state index contributed by atoms with van der Waals surface area (Å²) in [6.45, 7) is 9.40. The Bertz CT molecular complexity index is 826. The van der Waals surface area contributed by atoms with E-state index in [1.807, 2.05) is 0 Å². The van der Waals surface area contributed by atoms with Crippen LogP contribution in [-0.2, 0) is 23.2 Å². The summed E-state index contributed by atoms with van der Waals surface area (Å²) in [6.07, 6.45) is 3.70. The number of rotatable bonds is 2. The molecule has 3 heteroatoms. The van der Waals surface area contributed by atoms with Crippen LogP contribution in [0.5, 0.6) is 0 Å². The Balaban J connectivity index is 0.00000121. The molecule has 0 atom stereocenters. The Labute approximate surface area is 181 Å². The van der Waals surface area contributed by atoms with Crippen LogP contribution in [0.25, 0.3) is 11.1 Å². The molecule has 0 saturated carbocycles. The molecule has 0 amide bonds. The van der Waals surface area contributed by atoms with E-state index in [1.54, 1.807) is 25.6 Å². The smallest absolute Gasteiger partial charge is 1.00 e. The minimum Gasteiger partial charge on any atom is -1.00 e. The molecule has 2 aliphatic rings. The normalized spacial score (nSPS) is 15.5. The number of allylic oxidation sites excluding steroid dienone is 4. The fourth-order valence-electron chi connectivity index (χ4n) is 4.19. The van der Waals surface area contributed by atoms with E-state index in [2.05, 4.69) is 82.3 Å². The SMILES string of the molecule is CC1=[C]([Zr+2][CH]2c3ccccc3-c3ccccc32)CC=C1C(C)(C)C.[Cl-].[Cl-]. The van der Waals surface area contributed by atoms with E-state index < -0.39 is 23.2 Å². The Morgan fingerprint density at radius 3 is 1.81 bits per heavy atom. The molecule has 2 aromatic rings. The summed E-state index contributed by atoms with van der Waals surface area (Å²) < 4.78 is 2.47. The Morgan fingerprint density at radius 2 is 1.35 bits per heavy atom. The molecule has 0 aliphatic heterocycles. The molecule has 0 saturated heterocycles. The van der Waals surface area contributed by atoms with Gasteiger partial charge in [-0.1, -0.05) is 0 Å². The molecule has 2 aliphatic carbocycles. The molecular formula is C23H24Cl2Zr. The monoisotopic (exact) mass is 460 g/mol. The van der Waals surface area contributed by atoms with Gasteiger partial charge in [0.1, 0.15) is 0 Å². The van der Waals surface area contributed by atoms with Crippen LogP contribution in [0.3, 0.4) is 0 Å². The average Bonchev–Trinajstić information content (AvgIpc) is 3.08. The summed E-state index contributed by atoms with van der Waals surface area (Å²) in [6, 6.07) is 18.1. The molecule has 4 rings (SSSR count). The third-order valence-corrected chi connectivity index (χ3v) is 9.85. The standard InChI is InChI=1S/C13H9.C10H15.2ClH.Zr/c1-3-7-12-10(5-1)9-11-6-2-4-8-13(11)12;1-8-6-5-7-9(8)10(2,3)4;;;/h1-9H;7H,5H2,1-4H3;2*1H;/q;;;;+2/p-2. The van der Waals surface area contributed by atoms with Crippen molar-refractivity contribution in [1.82, 2.24) is 0 Å². The van der Waals surface area contributed by atoms with Gasteiger partial charge in [0, 0.05) is 0 Å². The van der Waals surface area contributed by atoms with Crippen LogP contribution < -0.4 is 24.8 Å². The Morgan fingerprint density at radius 1 is 0.846 bits per heavy atom. The largest absolute Gasteiger partial charge is 1.00 e. The first-order chi connectivity index (χ1) is 11.5. The fraction of sp³-hybridized carbons (Fsp3) is 0.304. The summed E-state index contributed by atoms with van der Waals surface area (Å²) in [5.74, 6) is 0. The molecule has 0 heterocycles. The average molecular weight is 463 g/mol. The topological polar surface area (TPSA) is 0 Å². The summed E-state index contributed by atoms with van der Waals surface area (Å²) >= 11 is -0.701. The minimum absolute atomic E-state index is 0. The van der Waals surface area contributed by atoms with Gasteiger partial charge < -0.3 is 24.8 Å². The van der Waals surface area contributed by atoms with Gasteiger partial charge in [-0.3, -0.25) is 0 Å². The van der Waals surface area contributed by atoms with E-state index >= 15 is 0 Å². The van der Waals surface area contributed by atoms with Crippen molar-refractivity contribution >= 4 is 0 Å². The van der Waals surface area contributed by atoms with Gasteiger partial charge in [-0.05, 0) is 0 Å². The van der Waals surface area contributed by atoms with Gasteiger partial charge in [0.25, 0.3) is 0 Å². The van der Waals surface area contributed by atoms with Crippen LogP contribution in [0, 0.1) is 5.41 Å². The van der Waals surface area contributed by atoms with Crippen molar-refractivity contribution in [1.29, 1.82) is 0 Å². The van der Waals surface area contributed by atoms with Gasteiger partial charge in [0.15, 0.2) is 0 Å². The first-order valence-corrected chi connectivity index (χ1v) is 11.5. The van der Waals surface area contributed by atoms with Crippen LogP contribution in [0.2, 0.25) is 0 Å². The molecule has 0 aromatic heterocycles. The molecule has 0 N–H and O–H groups in total. The first-order valence-electron chi connectivity index (χ1n) is 8.82. The van der Waals surface area contributed by atoms with Gasteiger partial charge in [-0.15, -0.1) is 0 Å². The van der Waals surface area contributed by atoms with Crippen LogP contribution in [0.1, 0.15) is 48.9 Å². The van der Waals surface area contributed by atoms with E-state index in [0.717, 1.165) is 0 Å². The maximum absolute atomic E-state index is 2.50. The molecule has 2 aromatic carbocycles. The molecule has 0 radical (unpaired) electrons. The zero-order valence-electron chi connectivity index (χ0n) is 15.7. The zero-order valence-corrected chi connectivity index (χ0v) is 19.7. The van der Waals surface area contributed by atoms with Crippen LogP contribution in [0.15, 0.2) is 69.0 Å². The maximum atomic E-state index is 2.50. The van der Waals surface area contributed by atoms with Crippen LogP contribution >= 0.6 is 0 Å². The summed E-state index contributed by atoms with van der Waals surface area (Å²) in [7, 11) is 0. The Hall–Kier alpha value is -0.617. The van der Waals surface area contributed by atoms with Gasteiger partial charge in [0.05, 0.1) is 0 Å². The second kappa shape index (κ2) is 8.18. The van der Waals surface area contributed by atoms with Crippen molar-refractivity contribution in [3.8, 4) is 11.1 Å². The summed E-state index contributed by atoms with van der Waals surface area (Å²) in [4.78, 5) is 0. The minimum atomic E-state index is -0.701. The number of hydrogen-bond donors (Lipinski definition) is 0. The molecule has 0 bridgehead atoms. The third-order valence-electron chi connectivity index (χ3n) is 5.33. The maximum Gasteiger partial charge on any atom is -1.00 e. The van der Waals surface area contributed by atoms with Crippen molar-refractivity contribution in [2.45, 2.75) is 37.7 Å². The molecule has 0 spiro atoms. The molecule has 26 heavy (non-hydrogen) atoms. The van der Waals surface area contributed by atoms with Crippen molar-refractivity contribution in [3.63, 3.8) is 0 Å². The van der Waals surface area contributed by atoms with E-state index in [0.29, 0.717) is 3.63 Å². The molecule has 0 fully saturated rings. The van der Waals surface area contributed by atoms with Crippen molar-refractivity contribution in [2.24, 2.45) is 5.41 Å². The van der Waals surface area contributed by atoms with E-state index in [9.17, 15) is 0 Å². The number of benzene rings is 2. The van der Waals surface area contributed by atoms with Gasteiger partial charge >= 0.3 is 158 Å². The van der Waals surface area contributed by atoms with Crippen LogP contribution in [0.4, 0.5) is 0 Å². The number of halogens is 2. The first kappa shape index (κ1) is 21.7. The predicted molar refractivity (Wildman–Crippen MR) is 98.6 cm³/mol. The van der Waals surface area contributed by atoms with Gasteiger partial charge in [-0.25, -0.2) is 0 Å². The quantitative estimate of drug-likeness (QED) is 0.610.